The Balaban J connectivity index is 1.87. The van der Waals surface area contributed by atoms with Gasteiger partial charge in [0, 0.05) is 12.3 Å². The zero-order valence-corrected chi connectivity index (χ0v) is 16.1. The number of hydrogen-bond donors (Lipinski definition) is 1. The van der Waals surface area contributed by atoms with Crippen LogP contribution in [0.1, 0.15) is 5.56 Å². The SMILES string of the molecule is COc1cc(/C=C2/SC(=O)N(CC(=O)O)C2=O)ccc1Oc1ncccc1[N+](=O)[O-]. The summed E-state index contributed by atoms with van der Waals surface area (Å²) in [6.45, 7) is -0.721. The van der Waals surface area contributed by atoms with Crippen LogP contribution in [0.4, 0.5) is 10.5 Å². The summed E-state index contributed by atoms with van der Waals surface area (Å²) in [7, 11) is 1.36. The molecule has 1 aliphatic rings. The number of carbonyl (C=O) groups excluding carboxylic acids is 2. The lowest BCUT2D eigenvalue weighted by Crippen LogP contribution is -2.33. The highest BCUT2D eigenvalue weighted by Crippen LogP contribution is 2.37. The first-order valence-corrected chi connectivity index (χ1v) is 9.04. The third-order valence-corrected chi connectivity index (χ3v) is 4.71. The largest absolute Gasteiger partial charge is 0.493 e. The van der Waals surface area contributed by atoms with E-state index in [2.05, 4.69) is 4.98 Å². The van der Waals surface area contributed by atoms with Crippen molar-refractivity contribution in [2.75, 3.05) is 13.7 Å². The number of carboxylic acids is 1. The van der Waals surface area contributed by atoms with Crippen molar-refractivity contribution in [2.45, 2.75) is 0 Å². The molecule has 1 N–H and O–H groups in total. The van der Waals surface area contributed by atoms with Gasteiger partial charge >= 0.3 is 11.7 Å². The van der Waals surface area contributed by atoms with E-state index in [-0.39, 0.29) is 28.0 Å². The molecule has 1 aliphatic heterocycles. The minimum absolute atomic E-state index is 0.0531. The number of amides is 2. The lowest BCUT2D eigenvalue weighted by atomic mass is 10.2. The Morgan fingerprint density at radius 2 is 2.10 bits per heavy atom. The fraction of sp³-hybridized carbons (Fsp3) is 0.111. The molecule has 0 spiro atoms. The molecule has 2 amide bonds. The molecule has 1 saturated heterocycles. The van der Waals surface area contributed by atoms with E-state index >= 15 is 0 Å². The lowest BCUT2D eigenvalue weighted by molar-refractivity contribution is -0.386. The number of hydrogen-bond acceptors (Lipinski definition) is 9. The summed E-state index contributed by atoms with van der Waals surface area (Å²) >= 11 is 0.622. The number of benzene rings is 1. The van der Waals surface area contributed by atoms with Crippen molar-refractivity contribution < 1.29 is 33.9 Å². The number of imide groups is 1. The number of carbonyl (C=O) groups is 3. The molecule has 2 aromatic rings. The Labute approximate surface area is 173 Å². The monoisotopic (exact) mass is 431 g/mol. The van der Waals surface area contributed by atoms with Crippen LogP contribution >= 0.6 is 11.8 Å². The summed E-state index contributed by atoms with van der Waals surface area (Å²) in [6, 6.07) is 7.15. The molecule has 12 heteroatoms. The maximum Gasteiger partial charge on any atom is 0.331 e. The smallest absolute Gasteiger partial charge is 0.331 e. The first kappa shape index (κ1) is 20.8. The van der Waals surface area contributed by atoms with Gasteiger partial charge in [0.05, 0.1) is 16.9 Å². The predicted octanol–water partition coefficient (Wildman–Crippen LogP) is 2.91. The molecule has 0 unspecified atom stereocenters. The van der Waals surface area contributed by atoms with Crippen molar-refractivity contribution in [3.8, 4) is 17.4 Å². The van der Waals surface area contributed by atoms with Gasteiger partial charge in [-0.25, -0.2) is 4.98 Å². The maximum absolute atomic E-state index is 12.2. The van der Waals surface area contributed by atoms with Crippen molar-refractivity contribution in [1.82, 2.24) is 9.88 Å². The first-order valence-electron chi connectivity index (χ1n) is 8.22. The molecular formula is C18H13N3O8S. The molecule has 0 saturated carbocycles. The number of nitrogens with zero attached hydrogens (tertiary/aromatic N) is 3. The van der Waals surface area contributed by atoms with E-state index in [4.69, 9.17) is 14.6 Å². The molecule has 1 aromatic heterocycles. The highest BCUT2D eigenvalue weighted by Gasteiger charge is 2.36. The van der Waals surface area contributed by atoms with E-state index in [9.17, 15) is 24.5 Å². The Hall–Kier alpha value is -3.93. The third kappa shape index (κ3) is 4.38. The van der Waals surface area contributed by atoms with Crippen LogP contribution in [0.25, 0.3) is 6.08 Å². The fourth-order valence-corrected chi connectivity index (χ4v) is 3.32. The molecule has 3 rings (SSSR count). The zero-order chi connectivity index (χ0) is 21.8. The summed E-state index contributed by atoms with van der Waals surface area (Å²) in [5.41, 5.74) is 0.145. The summed E-state index contributed by atoms with van der Waals surface area (Å²) in [5, 5.41) is 19.2. The van der Waals surface area contributed by atoms with Gasteiger partial charge in [-0.3, -0.25) is 29.4 Å². The molecule has 1 fully saturated rings. The van der Waals surface area contributed by atoms with Gasteiger partial charge in [-0.05, 0) is 41.6 Å². The van der Waals surface area contributed by atoms with Gasteiger partial charge in [0.25, 0.3) is 17.0 Å². The van der Waals surface area contributed by atoms with Crippen LogP contribution < -0.4 is 9.47 Å². The number of ether oxygens (including phenoxy) is 2. The zero-order valence-electron chi connectivity index (χ0n) is 15.3. The fourth-order valence-electron chi connectivity index (χ4n) is 2.49. The molecule has 1 aromatic carbocycles. The molecule has 0 aliphatic carbocycles. The molecular weight excluding hydrogens is 418 g/mol. The van der Waals surface area contributed by atoms with E-state index < -0.39 is 28.6 Å². The second-order valence-corrected chi connectivity index (χ2v) is 6.75. The van der Waals surface area contributed by atoms with Gasteiger partial charge in [-0.15, -0.1) is 0 Å². The Kier molecular flexibility index (Phi) is 5.97. The van der Waals surface area contributed by atoms with E-state index in [0.29, 0.717) is 22.2 Å². The van der Waals surface area contributed by atoms with E-state index in [0.717, 1.165) is 0 Å². The number of aliphatic carboxylic acids is 1. The summed E-state index contributed by atoms with van der Waals surface area (Å²) in [5.74, 6) is -1.88. The van der Waals surface area contributed by atoms with Gasteiger partial charge < -0.3 is 14.6 Å². The average molecular weight is 431 g/mol. The summed E-state index contributed by atoms with van der Waals surface area (Å²) < 4.78 is 10.8. The standard InChI is InChI=1S/C18H13N3O8S/c1-28-13-7-10(8-14-17(24)20(9-15(22)23)18(25)30-14)4-5-12(13)29-16-11(21(26)27)3-2-6-19-16/h2-8H,9H2,1H3,(H,22,23)/b14-8+. The molecule has 154 valence electrons. The number of pyridine rings is 1. The molecule has 0 radical (unpaired) electrons. The molecule has 0 bridgehead atoms. The number of carboxylic acid groups (broad SMARTS) is 1. The van der Waals surface area contributed by atoms with Crippen LogP contribution in [0, 0.1) is 10.1 Å². The van der Waals surface area contributed by atoms with Crippen LogP contribution in [0.15, 0.2) is 41.4 Å². The Morgan fingerprint density at radius 1 is 1.33 bits per heavy atom. The van der Waals surface area contributed by atoms with E-state index in [1.807, 2.05) is 0 Å². The Bertz CT molecular complexity index is 1080. The minimum atomic E-state index is -1.30. The van der Waals surface area contributed by atoms with Crippen molar-refractivity contribution in [2.24, 2.45) is 0 Å². The minimum Gasteiger partial charge on any atom is -0.493 e. The highest BCUT2D eigenvalue weighted by atomic mass is 32.2. The average Bonchev–Trinajstić information content (AvgIpc) is 2.96. The summed E-state index contributed by atoms with van der Waals surface area (Å²) in [6.07, 6.45) is 2.75. The van der Waals surface area contributed by atoms with Crippen LogP contribution in [0.3, 0.4) is 0 Å². The normalized spacial score (nSPS) is 14.8. The van der Waals surface area contributed by atoms with Crippen LogP contribution in [-0.2, 0) is 9.59 Å². The van der Waals surface area contributed by atoms with Gasteiger partial charge in [-0.1, -0.05) is 6.07 Å². The molecule has 0 atom stereocenters. The van der Waals surface area contributed by atoms with Crippen molar-refractivity contribution >= 4 is 40.6 Å². The third-order valence-electron chi connectivity index (χ3n) is 3.81. The second kappa shape index (κ2) is 8.61. The topological polar surface area (TPSA) is 149 Å². The maximum atomic E-state index is 12.2. The predicted molar refractivity (Wildman–Crippen MR) is 104 cm³/mol. The van der Waals surface area contributed by atoms with Crippen LogP contribution in [0.5, 0.6) is 17.4 Å². The number of aromatic nitrogens is 1. The van der Waals surface area contributed by atoms with Gasteiger partial charge in [0.2, 0.25) is 0 Å². The Morgan fingerprint density at radius 3 is 2.77 bits per heavy atom. The number of rotatable bonds is 7. The molecule has 2 heterocycles. The van der Waals surface area contributed by atoms with Crippen molar-refractivity contribution in [1.29, 1.82) is 0 Å². The number of nitro groups is 1. The van der Waals surface area contributed by atoms with Gasteiger partial charge in [0.1, 0.15) is 6.54 Å². The van der Waals surface area contributed by atoms with Crippen LogP contribution in [0.2, 0.25) is 0 Å². The lowest BCUT2D eigenvalue weighted by Gasteiger charge is -2.10. The van der Waals surface area contributed by atoms with Gasteiger partial charge in [-0.2, -0.15) is 0 Å². The van der Waals surface area contributed by atoms with E-state index in [1.54, 1.807) is 0 Å². The first-order chi connectivity index (χ1) is 14.3. The van der Waals surface area contributed by atoms with Crippen LogP contribution in [-0.4, -0.2) is 50.7 Å². The number of methoxy groups -OCH3 is 1. The van der Waals surface area contributed by atoms with Gasteiger partial charge in [0.15, 0.2) is 11.5 Å². The van der Waals surface area contributed by atoms with E-state index in [1.165, 1.54) is 49.7 Å². The number of thioether (sulfide) groups is 1. The molecule has 30 heavy (non-hydrogen) atoms. The molecule has 11 nitrogen and oxygen atoms in total. The van der Waals surface area contributed by atoms with Crippen molar-refractivity contribution in [3.63, 3.8) is 0 Å². The second-order valence-electron chi connectivity index (χ2n) is 5.76. The quantitative estimate of drug-likeness (QED) is 0.394. The highest BCUT2D eigenvalue weighted by molar-refractivity contribution is 8.18. The van der Waals surface area contributed by atoms with Crippen molar-refractivity contribution in [3.05, 3.63) is 57.1 Å². The summed E-state index contributed by atoms with van der Waals surface area (Å²) in [4.78, 5) is 49.9.